The lowest BCUT2D eigenvalue weighted by Crippen LogP contribution is -2.38. The lowest BCUT2D eigenvalue weighted by Gasteiger charge is -2.19. The maximum atomic E-state index is 13.4. The molecule has 2 aromatic rings. The second-order valence-corrected chi connectivity index (χ2v) is 7.99. The Morgan fingerprint density at radius 2 is 1.69 bits per heavy atom. The van der Waals surface area contributed by atoms with Gasteiger partial charge < -0.3 is 23.9 Å². The van der Waals surface area contributed by atoms with E-state index in [0.29, 0.717) is 42.9 Å². The molecular weight excluding hydrogens is 410 g/mol. The molecule has 1 N–H and O–H groups in total. The highest BCUT2D eigenvalue weighted by Crippen LogP contribution is 2.30. The highest BCUT2D eigenvalue weighted by molar-refractivity contribution is 6.01. The third-order valence-electron chi connectivity index (χ3n) is 5.64. The van der Waals surface area contributed by atoms with Gasteiger partial charge in [0.2, 0.25) is 0 Å². The molecule has 0 amide bonds. The molecule has 176 valence electrons. The van der Waals surface area contributed by atoms with Gasteiger partial charge in [-0.25, -0.2) is 0 Å². The van der Waals surface area contributed by atoms with E-state index in [1.165, 1.54) is 7.11 Å². The fraction of sp³-hybridized carbons (Fsp3) is 0.520. The van der Waals surface area contributed by atoms with Gasteiger partial charge in [0.05, 0.1) is 33.3 Å². The van der Waals surface area contributed by atoms with Crippen molar-refractivity contribution in [1.29, 1.82) is 0 Å². The Bertz CT molecular complexity index is 879. The first-order valence-electron chi connectivity index (χ1n) is 10.9. The summed E-state index contributed by atoms with van der Waals surface area (Å²) in [6.45, 7) is 6.24. The minimum atomic E-state index is -0.411. The summed E-state index contributed by atoms with van der Waals surface area (Å²) in [6, 6.07) is 6.96. The van der Waals surface area contributed by atoms with Crippen LogP contribution in [0, 0.1) is 19.8 Å². The van der Waals surface area contributed by atoms with Crippen molar-refractivity contribution < 1.29 is 28.2 Å². The molecule has 2 rings (SSSR count). The number of ketones is 1. The molecule has 0 aliphatic heterocycles. The highest BCUT2D eigenvalue weighted by Gasteiger charge is 2.23. The average Bonchev–Trinajstić information content (AvgIpc) is 3.22. The van der Waals surface area contributed by atoms with Crippen molar-refractivity contribution in [2.24, 2.45) is 5.92 Å². The Balaban J connectivity index is 2.13. The molecule has 2 unspecified atom stereocenters. The van der Waals surface area contributed by atoms with Gasteiger partial charge in [-0.05, 0) is 63.9 Å². The van der Waals surface area contributed by atoms with Crippen LogP contribution in [0.4, 0.5) is 0 Å². The molecule has 0 fully saturated rings. The standard InChI is InChI=1S/C25H35NO6/c1-16(25(28)31-6)8-7-13-26-21(12-11-20-10-9-17(2)32-20)24(27)19-14-22(29-4)18(3)23(15-19)30-5/h9-10,14-16,21,26H,7-8,11-13H2,1-6H3. The molecule has 1 aromatic heterocycles. The molecule has 7 nitrogen and oxygen atoms in total. The molecular formula is C25H35NO6. The zero-order valence-electron chi connectivity index (χ0n) is 19.9. The number of rotatable bonds is 13. The highest BCUT2D eigenvalue weighted by atomic mass is 16.5. The number of aryl methyl sites for hydroxylation is 2. The smallest absolute Gasteiger partial charge is 0.308 e. The molecule has 1 heterocycles. The van der Waals surface area contributed by atoms with Gasteiger partial charge in [0, 0.05) is 17.5 Å². The number of carbonyl (C=O) groups excluding carboxylic acids is 2. The second-order valence-electron chi connectivity index (χ2n) is 7.99. The molecule has 1 aromatic carbocycles. The summed E-state index contributed by atoms with van der Waals surface area (Å²) in [5.41, 5.74) is 1.37. The van der Waals surface area contributed by atoms with E-state index < -0.39 is 6.04 Å². The number of carbonyl (C=O) groups is 2. The topological polar surface area (TPSA) is 87.0 Å². The number of furan rings is 1. The molecule has 7 heteroatoms. The molecule has 0 bridgehead atoms. The van der Waals surface area contributed by atoms with Crippen LogP contribution in [0.15, 0.2) is 28.7 Å². The Labute approximate surface area is 190 Å². The number of esters is 1. The number of ether oxygens (including phenoxy) is 3. The summed E-state index contributed by atoms with van der Waals surface area (Å²) in [4.78, 5) is 25.0. The molecule has 2 atom stereocenters. The van der Waals surface area contributed by atoms with Gasteiger partial charge in [0.1, 0.15) is 23.0 Å². The molecule has 0 aliphatic rings. The average molecular weight is 446 g/mol. The number of hydrogen-bond donors (Lipinski definition) is 1. The molecule has 0 saturated carbocycles. The molecule has 0 radical (unpaired) electrons. The Kier molecular flexibility index (Phi) is 9.78. The summed E-state index contributed by atoms with van der Waals surface area (Å²) < 4.78 is 21.3. The van der Waals surface area contributed by atoms with Crippen LogP contribution >= 0.6 is 0 Å². The van der Waals surface area contributed by atoms with Crippen molar-refractivity contribution in [2.45, 2.75) is 52.5 Å². The lowest BCUT2D eigenvalue weighted by atomic mass is 9.97. The van der Waals surface area contributed by atoms with Crippen LogP contribution in [0.1, 0.15) is 53.6 Å². The monoisotopic (exact) mass is 445 g/mol. The second kappa shape index (κ2) is 12.3. The minimum Gasteiger partial charge on any atom is -0.496 e. The van der Waals surface area contributed by atoms with Crippen molar-refractivity contribution in [3.8, 4) is 11.5 Å². The lowest BCUT2D eigenvalue weighted by molar-refractivity contribution is -0.145. The summed E-state index contributed by atoms with van der Waals surface area (Å²) >= 11 is 0. The normalized spacial score (nSPS) is 12.8. The van der Waals surface area contributed by atoms with Gasteiger partial charge in [0.15, 0.2) is 5.78 Å². The van der Waals surface area contributed by atoms with Gasteiger partial charge in [-0.15, -0.1) is 0 Å². The number of Topliss-reactive ketones (excluding diaryl/α,β-unsaturated/α-hetero) is 1. The van der Waals surface area contributed by atoms with E-state index in [-0.39, 0.29) is 17.7 Å². The first-order valence-corrected chi connectivity index (χ1v) is 10.9. The van der Waals surface area contributed by atoms with Gasteiger partial charge in [0.25, 0.3) is 0 Å². The van der Waals surface area contributed by atoms with Crippen molar-refractivity contribution in [3.05, 3.63) is 46.9 Å². The zero-order valence-corrected chi connectivity index (χ0v) is 19.9. The number of methoxy groups -OCH3 is 3. The molecule has 0 spiro atoms. The van der Waals surface area contributed by atoms with Crippen LogP contribution < -0.4 is 14.8 Å². The maximum Gasteiger partial charge on any atom is 0.308 e. The van der Waals surface area contributed by atoms with Crippen molar-refractivity contribution in [1.82, 2.24) is 5.32 Å². The van der Waals surface area contributed by atoms with Crippen molar-refractivity contribution in [3.63, 3.8) is 0 Å². The molecule has 32 heavy (non-hydrogen) atoms. The van der Waals surface area contributed by atoms with Gasteiger partial charge >= 0.3 is 5.97 Å². The number of nitrogens with one attached hydrogen (secondary N) is 1. The first-order chi connectivity index (χ1) is 15.3. The predicted molar refractivity (Wildman–Crippen MR) is 123 cm³/mol. The summed E-state index contributed by atoms with van der Waals surface area (Å²) in [6.07, 6.45) is 2.65. The van der Waals surface area contributed by atoms with Gasteiger partial charge in [-0.3, -0.25) is 9.59 Å². The Hall–Kier alpha value is -2.80. The van der Waals surface area contributed by atoms with Crippen molar-refractivity contribution >= 4 is 11.8 Å². The van der Waals surface area contributed by atoms with Crippen LogP contribution in [-0.2, 0) is 16.0 Å². The largest absolute Gasteiger partial charge is 0.496 e. The fourth-order valence-electron chi connectivity index (χ4n) is 3.67. The van der Waals surface area contributed by atoms with Crippen LogP contribution in [-0.4, -0.2) is 45.7 Å². The summed E-state index contributed by atoms with van der Waals surface area (Å²) in [7, 11) is 4.55. The SMILES string of the molecule is COC(=O)C(C)CCCNC(CCc1ccc(C)o1)C(=O)c1cc(OC)c(C)c(OC)c1. The Morgan fingerprint density at radius 3 is 2.22 bits per heavy atom. The Morgan fingerprint density at radius 1 is 1.03 bits per heavy atom. The predicted octanol–water partition coefficient (Wildman–Crippen LogP) is 4.28. The van der Waals surface area contributed by atoms with Crippen molar-refractivity contribution in [2.75, 3.05) is 27.9 Å². The van der Waals surface area contributed by atoms with E-state index >= 15 is 0 Å². The van der Waals surface area contributed by atoms with Crippen LogP contribution in [0.25, 0.3) is 0 Å². The van der Waals surface area contributed by atoms with Crippen LogP contribution in [0.2, 0.25) is 0 Å². The van der Waals surface area contributed by atoms with E-state index in [1.54, 1.807) is 26.4 Å². The summed E-state index contributed by atoms with van der Waals surface area (Å²) in [5, 5.41) is 3.37. The van der Waals surface area contributed by atoms with E-state index in [9.17, 15) is 9.59 Å². The van der Waals surface area contributed by atoms with E-state index in [1.807, 2.05) is 32.9 Å². The quantitative estimate of drug-likeness (QED) is 0.280. The minimum absolute atomic E-state index is 0.0362. The third-order valence-corrected chi connectivity index (χ3v) is 5.64. The van der Waals surface area contributed by atoms with E-state index in [0.717, 1.165) is 23.5 Å². The van der Waals surface area contributed by atoms with E-state index in [2.05, 4.69) is 5.32 Å². The molecule has 0 aliphatic carbocycles. The van der Waals surface area contributed by atoms with Crippen LogP contribution in [0.5, 0.6) is 11.5 Å². The number of benzene rings is 1. The zero-order chi connectivity index (χ0) is 23.7. The fourth-order valence-corrected chi connectivity index (χ4v) is 3.67. The molecule has 0 saturated heterocycles. The summed E-state index contributed by atoms with van der Waals surface area (Å²) in [5.74, 6) is 2.49. The third kappa shape index (κ3) is 6.85. The van der Waals surface area contributed by atoms with E-state index in [4.69, 9.17) is 18.6 Å². The van der Waals surface area contributed by atoms with Gasteiger partial charge in [-0.2, -0.15) is 0 Å². The van der Waals surface area contributed by atoms with Crippen LogP contribution in [0.3, 0.4) is 0 Å². The number of hydrogen-bond acceptors (Lipinski definition) is 7. The first kappa shape index (κ1) is 25.5. The van der Waals surface area contributed by atoms with Gasteiger partial charge in [-0.1, -0.05) is 6.92 Å². The maximum absolute atomic E-state index is 13.4.